The van der Waals surface area contributed by atoms with E-state index in [1.807, 2.05) is 48.6 Å². The molecular weight excluding hydrogens is 368 g/mol. The lowest BCUT2D eigenvalue weighted by atomic mass is 10.1. The lowest BCUT2D eigenvalue weighted by molar-refractivity contribution is 0.300. The van der Waals surface area contributed by atoms with E-state index < -0.39 is 0 Å². The Bertz CT molecular complexity index is 828. The van der Waals surface area contributed by atoms with E-state index in [0.717, 1.165) is 42.7 Å². The number of allylic oxidation sites excluding steroid dienone is 2. The van der Waals surface area contributed by atoms with E-state index in [2.05, 4.69) is 49.6 Å². The highest BCUT2D eigenvalue weighted by Gasteiger charge is 2.00. The third-order valence-corrected chi connectivity index (χ3v) is 4.95. The zero-order chi connectivity index (χ0) is 21.0. The summed E-state index contributed by atoms with van der Waals surface area (Å²) in [6.07, 6.45) is 7.95. The molecule has 30 heavy (non-hydrogen) atoms. The maximum Gasteiger partial charge on any atom is 0.119 e. The fraction of sp³-hybridized carbons (Fsp3) is 0.214. The highest BCUT2D eigenvalue weighted by Crippen LogP contribution is 2.18. The molecule has 0 saturated carbocycles. The van der Waals surface area contributed by atoms with E-state index in [0.29, 0.717) is 13.2 Å². The van der Waals surface area contributed by atoms with Crippen LogP contribution in [0.4, 0.5) is 0 Å². The molecule has 0 unspecified atom stereocenters. The van der Waals surface area contributed by atoms with Crippen molar-refractivity contribution in [2.75, 3.05) is 0 Å². The Hall–Kier alpha value is -3.26. The Balaban J connectivity index is 1.44. The summed E-state index contributed by atoms with van der Waals surface area (Å²) >= 11 is 0. The van der Waals surface area contributed by atoms with Gasteiger partial charge in [0.1, 0.15) is 24.7 Å². The number of ether oxygens (including phenoxy) is 2. The SMILES string of the molecule is C=CCCc1ccc(COc2ccc(COc3ccc(CCC=C)cc3)cc2)cc1. The molecule has 0 aliphatic heterocycles. The molecule has 2 nitrogen and oxygen atoms in total. The van der Waals surface area contributed by atoms with Crippen molar-refractivity contribution < 1.29 is 9.47 Å². The van der Waals surface area contributed by atoms with Crippen LogP contribution in [0.1, 0.15) is 35.1 Å². The molecule has 3 rings (SSSR count). The van der Waals surface area contributed by atoms with Gasteiger partial charge in [0.05, 0.1) is 0 Å². The number of benzene rings is 3. The lowest BCUT2D eigenvalue weighted by Gasteiger charge is -2.10. The molecule has 0 spiro atoms. The third-order valence-electron chi connectivity index (χ3n) is 4.95. The normalized spacial score (nSPS) is 10.4. The van der Waals surface area contributed by atoms with Crippen molar-refractivity contribution in [3.8, 4) is 11.5 Å². The van der Waals surface area contributed by atoms with Crippen molar-refractivity contribution in [2.24, 2.45) is 0 Å². The van der Waals surface area contributed by atoms with Gasteiger partial charge in [0.25, 0.3) is 0 Å². The molecule has 0 amide bonds. The van der Waals surface area contributed by atoms with E-state index in [9.17, 15) is 0 Å². The fourth-order valence-corrected chi connectivity index (χ4v) is 3.11. The predicted molar refractivity (Wildman–Crippen MR) is 125 cm³/mol. The van der Waals surface area contributed by atoms with Crippen LogP contribution in [0.5, 0.6) is 11.5 Å². The molecule has 0 aromatic heterocycles. The number of hydrogen-bond acceptors (Lipinski definition) is 2. The van der Waals surface area contributed by atoms with Crippen LogP contribution in [0.25, 0.3) is 0 Å². The van der Waals surface area contributed by atoms with Gasteiger partial charge in [-0.15, -0.1) is 13.2 Å². The minimum atomic E-state index is 0.540. The predicted octanol–water partition coefficient (Wildman–Crippen LogP) is 7.08. The number of rotatable bonds is 12. The van der Waals surface area contributed by atoms with Gasteiger partial charge >= 0.3 is 0 Å². The van der Waals surface area contributed by atoms with E-state index in [-0.39, 0.29) is 0 Å². The van der Waals surface area contributed by atoms with Crippen LogP contribution < -0.4 is 9.47 Å². The molecule has 0 saturated heterocycles. The number of aryl methyl sites for hydroxylation is 2. The molecule has 3 aromatic carbocycles. The highest BCUT2D eigenvalue weighted by molar-refractivity contribution is 5.30. The Labute approximate surface area is 180 Å². The largest absolute Gasteiger partial charge is 0.489 e. The fourth-order valence-electron chi connectivity index (χ4n) is 3.11. The van der Waals surface area contributed by atoms with E-state index in [4.69, 9.17) is 9.47 Å². The maximum atomic E-state index is 5.91. The van der Waals surface area contributed by atoms with Gasteiger partial charge in [-0.3, -0.25) is 0 Å². The summed E-state index contributed by atoms with van der Waals surface area (Å²) in [5.41, 5.74) is 4.91. The first-order valence-electron chi connectivity index (χ1n) is 10.5. The molecular formula is C28H30O2. The smallest absolute Gasteiger partial charge is 0.119 e. The zero-order valence-electron chi connectivity index (χ0n) is 17.6. The van der Waals surface area contributed by atoms with Crippen LogP contribution >= 0.6 is 0 Å². The van der Waals surface area contributed by atoms with E-state index in [1.54, 1.807) is 0 Å². The van der Waals surface area contributed by atoms with Crippen LogP contribution in [-0.4, -0.2) is 0 Å². The molecule has 0 atom stereocenters. The average molecular weight is 399 g/mol. The highest BCUT2D eigenvalue weighted by atomic mass is 16.5. The Morgan fingerprint density at radius 3 is 1.23 bits per heavy atom. The topological polar surface area (TPSA) is 18.5 Å². The summed E-state index contributed by atoms with van der Waals surface area (Å²) in [6, 6.07) is 24.9. The molecule has 0 aliphatic carbocycles. The second kappa shape index (κ2) is 11.7. The van der Waals surface area contributed by atoms with Crippen molar-refractivity contribution in [3.05, 3.63) is 120 Å². The lowest BCUT2D eigenvalue weighted by Crippen LogP contribution is -1.98. The van der Waals surface area contributed by atoms with Gasteiger partial charge in [-0.25, -0.2) is 0 Å². The van der Waals surface area contributed by atoms with Crippen molar-refractivity contribution in [3.63, 3.8) is 0 Å². The average Bonchev–Trinajstić information content (AvgIpc) is 2.80. The Kier molecular flexibility index (Phi) is 8.34. The second-order valence-electron chi connectivity index (χ2n) is 7.34. The minimum absolute atomic E-state index is 0.540. The quantitative estimate of drug-likeness (QED) is 0.303. The molecule has 2 heteroatoms. The summed E-state index contributed by atoms with van der Waals surface area (Å²) in [5, 5.41) is 0. The molecule has 0 fully saturated rings. The van der Waals surface area contributed by atoms with Gasteiger partial charge in [-0.05, 0) is 72.2 Å². The molecule has 154 valence electrons. The van der Waals surface area contributed by atoms with Crippen molar-refractivity contribution >= 4 is 0 Å². The van der Waals surface area contributed by atoms with E-state index >= 15 is 0 Å². The summed E-state index contributed by atoms with van der Waals surface area (Å²) in [7, 11) is 0. The summed E-state index contributed by atoms with van der Waals surface area (Å²) in [5.74, 6) is 1.75. The second-order valence-corrected chi connectivity index (χ2v) is 7.34. The first-order valence-corrected chi connectivity index (χ1v) is 10.5. The number of hydrogen-bond donors (Lipinski definition) is 0. The van der Waals surface area contributed by atoms with Gasteiger partial charge in [0.15, 0.2) is 0 Å². The first kappa shape index (κ1) is 21.4. The monoisotopic (exact) mass is 398 g/mol. The maximum absolute atomic E-state index is 5.91. The van der Waals surface area contributed by atoms with Crippen molar-refractivity contribution in [2.45, 2.75) is 38.9 Å². The molecule has 0 bridgehead atoms. The molecule has 0 aliphatic rings. The van der Waals surface area contributed by atoms with Crippen molar-refractivity contribution in [1.82, 2.24) is 0 Å². The Morgan fingerprint density at radius 1 is 0.500 bits per heavy atom. The first-order chi connectivity index (χ1) is 14.8. The van der Waals surface area contributed by atoms with E-state index in [1.165, 1.54) is 16.7 Å². The van der Waals surface area contributed by atoms with Gasteiger partial charge in [-0.1, -0.05) is 60.7 Å². The van der Waals surface area contributed by atoms with Gasteiger partial charge < -0.3 is 9.47 Å². The van der Waals surface area contributed by atoms with Crippen LogP contribution in [0.15, 0.2) is 98.1 Å². The van der Waals surface area contributed by atoms with Crippen molar-refractivity contribution in [1.29, 1.82) is 0 Å². The molecule has 0 heterocycles. The minimum Gasteiger partial charge on any atom is -0.489 e. The van der Waals surface area contributed by atoms with Crippen LogP contribution in [0.3, 0.4) is 0 Å². The molecule has 0 N–H and O–H groups in total. The van der Waals surface area contributed by atoms with Crippen LogP contribution in [-0.2, 0) is 26.1 Å². The van der Waals surface area contributed by atoms with Crippen LogP contribution in [0, 0.1) is 0 Å². The Morgan fingerprint density at radius 2 is 0.833 bits per heavy atom. The standard InChI is InChI=1S/C28H30O2/c1-3-5-7-23-9-11-25(12-10-23)21-29-28-19-15-26(16-20-28)22-30-27-17-13-24(14-18-27)8-6-4-2/h3-4,9-20H,1-2,5-8,21-22H2. The zero-order valence-corrected chi connectivity index (χ0v) is 17.6. The van der Waals surface area contributed by atoms with Crippen LogP contribution in [0.2, 0.25) is 0 Å². The summed E-state index contributed by atoms with van der Waals surface area (Å²) in [4.78, 5) is 0. The summed E-state index contributed by atoms with van der Waals surface area (Å²) < 4.78 is 11.8. The van der Waals surface area contributed by atoms with Gasteiger partial charge in [-0.2, -0.15) is 0 Å². The molecule has 3 aromatic rings. The van der Waals surface area contributed by atoms with Gasteiger partial charge in [0, 0.05) is 0 Å². The molecule has 0 radical (unpaired) electrons. The van der Waals surface area contributed by atoms with Gasteiger partial charge in [0.2, 0.25) is 0 Å². The third kappa shape index (κ3) is 6.97. The summed E-state index contributed by atoms with van der Waals surface area (Å²) in [6.45, 7) is 8.64.